The van der Waals surface area contributed by atoms with Crippen LogP contribution in [0.1, 0.15) is 64.2 Å². The minimum atomic E-state index is -3.81. The summed E-state index contributed by atoms with van der Waals surface area (Å²) in [5.74, 6) is 0. The monoisotopic (exact) mass is 409 g/mol. The molecule has 23 heavy (non-hydrogen) atoms. The lowest BCUT2D eigenvalue weighted by molar-refractivity contribution is 0.291. The molecule has 0 radical (unpaired) electrons. The van der Waals surface area contributed by atoms with Crippen molar-refractivity contribution >= 4 is 37.1 Å². The van der Waals surface area contributed by atoms with Crippen molar-refractivity contribution in [1.29, 1.82) is 0 Å². The van der Waals surface area contributed by atoms with E-state index < -0.39 is 13.4 Å². The predicted octanol–water partition coefficient (Wildman–Crippen LogP) is 1.62. The molecule has 2 rings (SSSR count). The normalized spacial score (nSPS) is 20.8. The molecule has 7 N–H and O–H groups in total. The fourth-order valence-electron chi connectivity index (χ4n) is 2.87. The van der Waals surface area contributed by atoms with Gasteiger partial charge in [-0.25, -0.2) is 0 Å². The van der Waals surface area contributed by atoms with Crippen LogP contribution in [0.15, 0.2) is 0 Å². The van der Waals surface area contributed by atoms with Gasteiger partial charge in [-0.2, -0.15) is 0 Å². The maximum absolute atomic E-state index is 7.56. The molecule has 0 heterocycles. The van der Waals surface area contributed by atoms with Crippen molar-refractivity contribution in [3.05, 3.63) is 0 Å². The highest BCUT2D eigenvalue weighted by Crippen LogP contribution is 2.27. The van der Waals surface area contributed by atoms with Crippen molar-refractivity contribution in [2.75, 3.05) is 0 Å². The standard InChI is InChI=1S/C12H23N.2H3O3PS/c1-3-7-11(8-4-1)13-12-9-5-2-6-10-12;2*1-4(2,3)5/h11-13H,1-10H2;2*(H3,1,2,3,5). The molecule has 0 unspecified atom stereocenters. The first-order valence-electron chi connectivity index (χ1n) is 7.78. The molecule has 0 spiro atoms. The summed E-state index contributed by atoms with van der Waals surface area (Å²) in [4.78, 5) is 45.3. The van der Waals surface area contributed by atoms with Crippen LogP contribution in [0.2, 0.25) is 0 Å². The third kappa shape index (κ3) is 23.0. The van der Waals surface area contributed by atoms with E-state index in [-0.39, 0.29) is 0 Å². The quantitative estimate of drug-likeness (QED) is 0.340. The maximum Gasteiger partial charge on any atom is 0.319 e. The molecule has 0 aromatic heterocycles. The largest absolute Gasteiger partial charge is 0.325 e. The Bertz CT molecular complexity index is 338. The van der Waals surface area contributed by atoms with E-state index in [0.717, 1.165) is 12.1 Å². The zero-order valence-corrected chi connectivity index (χ0v) is 16.5. The van der Waals surface area contributed by atoms with Gasteiger partial charge in [0.2, 0.25) is 0 Å². The number of hydrogen-bond donors (Lipinski definition) is 7. The van der Waals surface area contributed by atoms with Gasteiger partial charge in [0.25, 0.3) is 0 Å². The summed E-state index contributed by atoms with van der Waals surface area (Å²) in [6.45, 7) is -7.61. The van der Waals surface area contributed by atoms with Crippen LogP contribution in [-0.2, 0) is 23.6 Å². The van der Waals surface area contributed by atoms with Crippen molar-refractivity contribution < 1.29 is 29.4 Å². The van der Waals surface area contributed by atoms with E-state index >= 15 is 0 Å². The molecule has 0 atom stereocenters. The van der Waals surface area contributed by atoms with Crippen LogP contribution < -0.4 is 5.32 Å². The molecule has 11 heteroatoms. The topological polar surface area (TPSA) is 133 Å². The number of nitrogens with one attached hydrogen (secondary N) is 1. The molecule has 7 nitrogen and oxygen atoms in total. The zero-order chi connectivity index (χ0) is 17.9. The Morgan fingerprint density at radius 2 is 0.783 bits per heavy atom. The summed E-state index contributed by atoms with van der Waals surface area (Å²) in [7, 11) is 0. The van der Waals surface area contributed by atoms with Gasteiger partial charge in [-0.15, -0.1) is 0 Å². The first-order valence-corrected chi connectivity index (χ1v) is 13.1. The van der Waals surface area contributed by atoms with Crippen molar-refractivity contribution in [3.8, 4) is 0 Å². The summed E-state index contributed by atoms with van der Waals surface area (Å²) < 4.78 is 0. The van der Waals surface area contributed by atoms with E-state index in [9.17, 15) is 0 Å². The molecule has 0 aromatic rings. The second-order valence-corrected chi connectivity index (χ2v) is 10.9. The molecular formula is C12H29NO6P2S2. The van der Waals surface area contributed by atoms with Crippen LogP contribution in [-0.4, -0.2) is 41.4 Å². The molecule has 2 aliphatic rings. The van der Waals surface area contributed by atoms with Gasteiger partial charge in [-0.1, -0.05) is 38.5 Å². The van der Waals surface area contributed by atoms with E-state index in [1.807, 2.05) is 0 Å². The number of hydrogen-bond acceptors (Lipinski definition) is 3. The van der Waals surface area contributed by atoms with Crippen LogP contribution in [0, 0.1) is 0 Å². The molecule has 0 aliphatic heterocycles. The Balaban J connectivity index is 0.000000406. The van der Waals surface area contributed by atoms with E-state index in [4.69, 9.17) is 29.4 Å². The summed E-state index contributed by atoms with van der Waals surface area (Å²) in [5.41, 5.74) is 0. The highest BCUT2D eigenvalue weighted by atomic mass is 32.5. The van der Waals surface area contributed by atoms with Crippen molar-refractivity contribution in [2.24, 2.45) is 0 Å². The van der Waals surface area contributed by atoms with E-state index in [2.05, 4.69) is 28.9 Å². The molecule has 0 amide bonds. The zero-order valence-electron chi connectivity index (χ0n) is 13.1. The van der Waals surface area contributed by atoms with Gasteiger partial charge in [0.05, 0.1) is 0 Å². The average Bonchev–Trinajstić information content (AvgIpc) is 2.37. The van der Waals surface area contributed by atoms with Crippen LogP contribution in [0.5, 0.6) is 0 Å². The van der Waals surface area contributed by atoms with Crippen LogP contribution in [0.3, 0.4) is 0 Å². The Morgan fingerprint density at radius 1 is 0.565 bits per heavy atom. The molecule has 2 saturated carbocycles. The van der Waals surface area contributed by atoms with Gasteiger partial charge in [0, 0.05) is 12.1 Å². The molecule has 2 fully saturated rings. The van der Waals surface area contributed by atoms with Crippen molar-refractivity contribution in [3.63, 3.8) is 0 Å². The molecule has 0 aromatic carbocycles. The molecular weight excluding hydrogens is 380 g/mol. The molecule has 0 saturated heterocycles. The minimum absolute atomic E-state index is 0.872. The Labute approximate surface area is 148 Å². The van der Waals surface area contributed by atoms with Crippen LogP contribution in [0.25, 0.3) is 0 Å². The lowest BCUT2D eigenvalue weighted by Crippen LogP contribution is -2.40. The Kier molecular flexibility index (Phi) is 12.9. The number of rotatable bonds is 2. The second kappa shape index (κ2) is 12.4. The predicted molar refractivity (Wildman–Crippen MR) is 98.8 cm³/mol. The SMILES string of the molecule is C1CCC(NC2CCCCC2)CC1.OP(O)(O)=S.OP(O)(O)=S. The Hall–Kier alpha value is 1.02. The fraction of sp³-hybridized carbons (Fsp3) is 1.00. The van der Waals surface area contributed by atoms with Gasteiger partial charge in [0.1, 0.15) is 0 Å². The highest BCUT2D eigenvalue weighted by Gasteiger charge is 2.19. The van der Waals surface area contributed by atoms with Gasteiger partial charge < -0.3 is 34.7 Å². The third-order valence-corrected chi connectivity index (χ3v) is 3.68. The minimum Gasteiger partial charge on any atom is -0.325 e. The first-order chi connectivity index (χ1) is 10.4. The van der Waals surface area contributed by atoms with E-state index in [1.54, 1.807) is 0 Å². The lowest BCUT2D eigenvalue weighted by Gasteiger charge is -2.30. The molecule has 2 aliphatic carbocycles. The van der Waals surface area contributed by atoms with Gasteiger partial charge >= 0.3 is 13.4 Å². The third-order valence-electron chi connectivity index (χ3n) is 3.68. The summed E-state index contributed by atoms with van der Waals surface area (Å²) in [5, 5.41) is 3.86. The maximum atomic E-state index is 7.56. The fourth-order valence-corrected chi connectivity index (χ4v) is 2.87. The highest BCUT2D eigenvalue weighted by molar-refractivity contribution is 8.06. The van der Waals surface area contributed by atoms with Crippen LogP contribution in [0.4, 0.5) is 0 Å². The van der Waals surface area contributed by atoms with Crippen molar-refractivity contribution in [1.82, 2.24) is 5.32 Å². The Morgan fingerprint density at radius 3 is 1.00 bits per heavy atom. The lowest BCUT2D eigenvalue weighted by atomic mass is 9.91. The smallest absolute Gasteiger partial charge is 0.319 e. The summed E-state index contributed by atoms with van der Waals surface area (Å²) in [6, 6.07) is 1.74. The average molecular weight is 409 g/mol. The second-order valence-electron chi connectivity index (χ2n) is 5.86. The summed E-state index contributed by atoms with van der Waals surface area (Å²) >= 11 is 7.21. The molecule has 0 bridgehead atoms. The van der Waals surface area contributed by atoms with Gasteiger partial charge in [0.15, 0.2) is 0 Å². The van der Waals surface area contributed by atoms with Gasteiger partial charge in [-0.05, 0) is 49.3 Å². The van der Waals surface area contributed by atoms with Crippen LogP contribution >= 0.6 is 13.4 Å². The van der Waals surface area contributed by atoms with Gasteiger partial charge in [-0.3, -0.25) is 0 Å². The molecule has 140 valence electrons. The summed E-state index contributed by atoms with van der Waals surface area (Å²) in [6.07, 6.45) is 14.6. The first kappa shape index (κ1) is 24.0. The van der Waals surface area contributed by atoms with E-state index in [0.29, 0.717) is 0 Å². The van der Waals surface area contributed by atoms with E-state index in [1.165, 1.54) is 64.2 Å². The van der Waals surface area contributed by atoms with Crippen molar-refractivity contribution in [2.45, 2.75) is 76.3 Å².